The number of nitrogens with one attached hydrogen (secondary N) is 1. The normalized spacial score (nSPS) is 24.0. The highest BCUT2D eigenvalue weighted by molar-refractivity contribution is 5.93. The molecule has 3 aliphatic rings. The molecule has 0 unspecified atom stereocenters. The summed E-state index contributed by atoms with van der Waals surface area (Å²) in [5, 5.41) is 10.3. The molecule has 2 heterocycles. The van der Waals surface area contributed by atoms with Crippen LogP contribution in [0.15, 0.2) is 18.2 Å². The zero-order valence-corrected chi connectivity index (χ0v) is 20.0. The molecule has 1 amide bonds. The van der Waals surface area contributed by atoms with Crippen molar-refractivity contribution in [1.82, 2.24) is 4.90 Å². The molecule has 190 valence electrons. The van der Waals surface area contributed by atoms with Crippen molar-refractivity contribution in [2.45, 2.75) is 83.5 Å². The maximum absolute atomic E-state index is 12.6. The van der Waals surface area contributed by atoms with Crippen molar-refractivity contribution >= 4 is 23.3 Å². The van der Waals surface area contributed by atoms with Crippen LogP contribution in [0.1, 0.15) is 63.9 Å². The van der Waals surface area contributed by atoms with E-state index in [9.17, 15) is 18.0 Å². The molecule has 1 aromatic carbocycles. The van der Waals surface area contributed by atoms with Crippen LogP contribution in [0.3, 0.4) is 0 Å². The number of aliphatic carboxylic acids is 1. The maximum Gasteiger partial charge on any atom is 0.490 e. The molecule has 34 heavy (non-hydrogen) atoms. The van der Waals surface area contributed by atoms with Crippen LogP contribution in [0.4, 0.5) is 24.5 Å². The number of halogens is 3. The van der Waals surface area contributed by atoms with Gasteiger partial charge in [0.1, 0.15) is 0 Å². The molecule has 9 heteroatoms. The molecular formula is C25H36F3N3O3. The zero-order valence-electron chi connectivity index (χ0n) is 20.0. The summed E-state index contributed by atoms with van der Waals surface area (Å²) in [6.07, 6.45) is 4.66. The minimum Gasteiger partial charge on any atom is -0.475 e. The molecule has 0 spiro atoms. The van der Waals surface area contributed by atoms with Crippen molar-refractivity contribution in [2.24, 2.45) is 5.92 Å². The van der Waals surface area contributed by atoms with E-state index in [4.69, 9.17) is 9.90 Å². The molecule has 2 N–H and O–H groups in total. The number of carbonyl (C=O) groups excluding carboxylic acids is 1. The van der Waals surface area contributed by atoms with E-state index >= 15 is 0 Å². The average molecular weight is 484 g/mol. The summed E-state index contributed by atoms with van der Waals surface area (Å²) in [7, 11) is 0. The number of aryl methyl sites for hydroxylation is 1. The molecule has 0 aromatic heterocycles. The van der Waals surface area contributed by atoms with Crippen LogP contribution in [0.5, 0.6) is 0 Å². The van der Waals surface area contributed by atoms with Gasteiger partial charge < -0.3 is 15.3 Å². The number of alkyl halides is 3. The lowest BCUT2D eigenvalue weighted by molar-refractivity contribution is -0.192. The number of carboxylic acid groups (broad SMARTS) is 1. The first-order chi connectivity index (χ1) is 16.1. The zero-order chi connectivity index (χ0) is 24.9. The first-order valence-corrected chi connectivity index (χ1v) is 12.3. The number of carbonyl (C=O) groups is 2. The van der Waals surface area contributed by atoms with Gasteiger partial charge in [-0.2, -0.15) is 13.2 Å². The fourth-order valence-electron chi connectivity index (χ4n) is 5.33. The van der Waals surface area contributed by atoms with Crippen molar-refractivity contribution in [2.75, 3.05) is 29.9 Å². The highest BCUT2D eigenvalue weighted by atomic mass is 19.4. The van der Waals surface area contributed by atoms with Gasteiger partial charge in [-0.25, -0.2) is 4.79 Å². The number of likely N-dealkylation sites (tertiary alicyclic amines) is 1. The number of rotatable bonds is 4. The van der Waals surface area contributed by atoms with E-state index in [1.54, 1.807) is 0 Å². The van der Waals surface area contributed by atoms with Crippen molar-refractivity contribution in [1.29, 1.82) is 0 Å². The molecule has 1 aromatic rings. The Labute approximate surface area is 199 Å². The van der Waals surface area contributed by atoms with Gasteiger partial charge in [0, 0.05) is 42.5 Å². The largest absolute Gasteiger partial charge is 0.490 e. The van der Waals surface area contributed by atoms with E-state index < -0.39 is 12.1 Å². The Bertz CT molecular complexity index is 856. The van der Waals surface area contributed by atoms with Crippen LogP contribution < -0.4 is 10.2 Å². The van der Waals surface area contributed by atoms with Gasteiger partial charge in [-0.05, 0) is 76.3 Å². The second kappa shape index (κ2) is 11.4. The van der Waals surface area contributed by atoms with Gasteiger partial charge in [0.15, 0.2) is 0 Å². The summed E-state index contributed by atoms with van der Waals surface area (Å²) >= 11 is 0. The van der Waals surface area contributed by atoms with Gasteiger partial charge >= 0.3 is 12.1 Å². The third-order valence-electron chi connectivity index (χ3n) is 7.29. The lowest BCUT2D eigenvalue weighted by atomic mass is 9.88. The van der Waals surface area contributed by atoms with Crippen molar-refractivity contribution in [3.63, 3.8) is 0 Å². The summed E-state index contributed by atoms with van der Waals surface area (Å²) < 4.78 is 31.7. The lowest BCUT2D eigenvalue weighted by Gasteiger charge is -2.29. The van der Waals surface area contributed by atoms with Crippen molar-refractivity contribution in [3.8, 4) is 0 Å². The van der Waals surface area contributed by atoms with Gasteiger partial charge in [-0.15, -0.1) is 0 Å². The van der Waals surface area contributed by atoms with E-state index in [2.05, 4.69) is 47.2 Å². The van der Waals surface area contributed by atoms with Gasteiger partial charge in [-0.1, -0.05) is 19.3 Å². The number of carboxylic acids is 1. The quantitative estimate of drug-likeness (QED) is 0.615. The first-order valence-electron chi connectivity index (χ1n) is 12.3. The minimum atomic E-state index is -5.08. The predicted octanol–water partition coefficient (Wildman–Crippen LogP) is 5.21. The summed E-state index contributed by atoms with van der Waals surface area (Å²) in [6.45, 7) is 8.04. The summed E-state index contributed by atoms with van der Waals surface area (Å²) in [4.78, 5) is 26.7. The molecule has 1 aliphatic carbocycles. The van der Waals surface area contributed by atoms with E-state index in [0.29, 0.717) is 6.04 Å². The van der Waals surface area contributed by atoms with Crippen molar-refractivity contribution in [3.05, 3.63) is 23.8 Å². The number of anilines is 2. The predicted molar refractivity (Wildman–Crippen MR) is 126 cm³/mol. The number of nitrogens with zero attached hydrogens (tertiary/aromatic N) is 2. The molecule has 1 saturated carbocycles. The topological polar surface area (TPSA) is 72.9 Å². The molecular weight excluding hydrogens is 447 g/mol. The summed E-state index contributed by atoms with van der Waals surface area (Å²) in [5.74, 6) is -2.33. The Morgan fingerprint density at radius 2 is 1.71 bits per heavy atom. The minimum absolute atomic E-state index is 0.208. The maximum atomic E-state index is 12.6. The molecule has 4 rings (SSSR count). The first kappa shape index (κ1) is 26.3. The lowest BCUT2D eigenvalue weighted by Crippen LogP contribution is -2.39. The van der Waals surface area contributed by atoms with Gasteiger partial charge in [-0.3, -0.25) is 9.69 Å². The van der Waals surface area contributed by atoms with Crippen molar-refractivity contribution < 1.29 is 27.9 Å². The van der Waals surface area contributed by atoms with E-state index in [1.807, 2.05) is 0 Å². The molecule has 6 nitrogen and oxygen atoms in total. The van der Waals surface area contributed by atoms with Crippen LogP contribution in [0.2, 0.25) is 0 Å². The van der Waals surface area contributed by atoms with Gasteiger partial charge in [0.2, 0.25) is 5.91 Å². The molecule has 0 radical (unpaired) electrons. The molecule has 2 atom stereocenters. The fourth-order valence-corrected chi connectivity index (χ4v) is 5.33. The monoisotopic (exact) mass is 483 g/mol. The average Bonchev–Trinajstić information content (AvgIpc) is 3.44. The van der Waals surface area contributed by atoms with E-state index in [0.717, 1.165) is 37.7 Å². The molecule has 2 aliphatic heterocycles. The third-order valence-corrected chi connectivity index (χ3v) is 7.29. The highest BCUT2D eigenvalue weighted by Gasteiger charge is 2.38. The van der Waals surface area contributed by atoms with Crippen LogP contribution in [0.25, 0.3) is 0 Å². The van der Waals surface area contributed by atoms with Gasteiger partial charge in [0.25, 0.3) is 0 Å². The Morgan fingerprint density at radius 3 is 2.26 bits per heavy atom. The second-order valence-electron chi connectivity index (χ2n) is 9.74. The molecule has 3 fully saturated rings. The Kier molecular flexibility index (Phi) is 8.84. The SMILES string of the molecule is Cc1cc(N2CC[C@@H](N3CCC[C@@H]3C)C2)ccc1NC(=O)C1CCCCC1.O=C(O)C(F)(F)F. The Hall–Kier alpha value is -2.29. The van der Waals surface area contributed by atoms with Crippen LogP contribution in [-0.2, 0) is 9.59 Å². The number of hydrogen-bond donors (Lipinski definition) is 2. The van der Waals surface area contributed by atoms with Crippen LogP contribution in [0, 0.1) is 12.8 Å². The molecule has 0 bridgehead atoms. The van der Waals surface area contributed by atoms with E-state index in [-0.39, 0.29) is 11.8 Å². The number of hydrogen-bond acceptors (Lipinski definition) is 4. The van der Waals surface area contributed by atoms with Gasteiger partial charge in [0.05, 0.1) is 0 Å². The summed E-state index contributed by atoms with van der Waals surface area (Å²) in [6, 6.07) is 8.01. The third kappa shape index (κ3) is 6.87. The fraction of sp³-hybridized carbons (Fsp3) is 0.680. The summed E-state index contributed by atoms with van der Waals surface area (Å²) in [5.41, 5.74) is 3.46. The number of amides is 1. The Morgan fingerprint density at radius 1 is 1.03 bits per heavy atom. The smallest absolute Gasteiger partial charge is 0.475 e. The number of benzene rings is 1. The van der Waals surface area contributed by atoms with E-state index in [1.165, 1.54) is 56.3 Å². The Balaban J connectivity index is 0.000000406. The van der Waals surface area contributed by atoms with Crippen LogP contribution >= 0.6 is 0 Å². The van der Waals surface area contributed by atoms with Crippen LogP contribution in [-0.4, -0.2) is 59.8 Å². The standard InChI is InChI=1S/C23H35N3O.C2HF3O2/c1-17-15-20(25-14-12-21(16-25)26-13-6-7-18(26)2)10-11-22(17)24-23(27)19-8-4-3-5-9-19;3-2(4,5)1(6)7/h10-11,15,18-19,21H,3-9,12-14,16H2,1-2H3,(H,24,27);(H,6,7)/t18-,21+;/m0./s1. The molecule has 2 saturated heterocycles. The second-order valence-corrected chi connectivity index (χ2v) is 9.74. The highest BCUT2D eigenvalue weighted by Crippen LogP contribution is 2.31.